The molecule has 0 spiro atoms. The van der Waals surface area contributed by atoms with Gasteiger partial charge in [-0.05, 0) is 43.5 Å². The Kier molecular flexibility index (Phi) is 17.7. The number of benzene rings is 2. The predicted molar refractivity (Wildman–Crippen MR) is 147 cm³/mol. The smallest absolute Gasteiger partial charge is 0.339 e. The van der Waals surface area contributed by atoms with Gasteiger partial charge in [-0.25, -0.2) is 9.59 Å². The van der Waals surface area contributed by atoms with Crippen molar-refractivity contribution in [2.24, 2.45) is 0 Å². The van der Waals surface area contributed by atoms with Crippen molar-refractivity contribution in [2.75, 3.05) is 13.2 Å². The van der Waals surface area contributed by atoms with Crippen LogP contribution in [-0.2, 0) is 9.47 Å². The van der Waals surface area contributed by atoms with Gasteiger partial charge in [0.05, 0.1) is 24.3 Å². The Morgan fingerprint density at radius 2 is 1.00 bits per heavy atom. The van der Waals surface area contributed by atoms with Gasteiger partial charge in [0, 0.05) is 0 Å². The number of phenolic OH excluding ortho intramolecular Hbond substituents is 1. The van der Waals surface area contributed by atoms with E-state index in [1.165, 1.54) is 51.4 Å². The summed E-state index contributed by atoms with van der Waals surface area (Å²) in [7, 11) is 0. The minimum absolute atomic E-state index is 0.293. The largest absolute Gasteiger partial charge is 0.508 e. The summed E-state index contributed by atoms with van der Waals surface area (Å²) in [6.07, 6.45) is 13.6. The van der Waals surface area contributed by atoms with E-state index >= 15 is 0 Å². The number of ether oxygens (including phenoxy) is 2. The third-order valence-corrected chi connectivity index (χ3v) is 5.94. The van der Waals surface area contributed by atoms with Crippen LogP contribution in [0.15, 0.2) is 48.5 Å². The number of hydrogen-bond donors (Lipinski definition) is 1. The Balaban J connectivity index is 0.000000681. The van der Waals surface area contributed by atoms with Gasteiger partial charge in [0.25, 0.3) is 0 Å². The molecule has 0 saturated heterocycles. The van der Waals surface area contributed by atoms with Gasteiger partial charge >= 0.3 is 11.9 Å². The first-order valence-electron chi connectivity index (χ1n) is 13.7. The van der Waals surface area contributed by atoms with E-state index in [9.17, 15) is 9.59 Å². The maximum Gasteiger partial charge on any atom is 0.339 e. The van der Waals surface area contributed by atoms with E-state index in [1.807, 2.05) is 25.1 Å². The molecule has 0 atom stereocenters. The van der Waals surface area contributed by atoms with Gasteiger partial charge in [0.1, 0.15) is 5.75 Å². The van der Waals surface area contributed by atoms with Crippen LogP contribution in [0.2, 0.25) is 0 Å². The lowest BCUT2D eigenvalue weighted by Gasteiger charge is -2.10. The lowest BCUT2D eigenvalue weighted by Crippen LogP contribution is -2.15. The lowest BCUT2D eigenvalue weighted by molar-refractivity contribution is 0.0450. The van der Waals surface area contributed by atoms with Gasteiger partial charge in [-0.15, -0.1) is 0 Å². The zero-order valence-corrected chi connectivity index (χ0v) is 22.6. The maximum absolute atomic E-state index is 12.4. The average Bonchev–Trinajstić information content (AvgIpc) is 2.89. The van der Waals surface area contributed by atoms with Crippen molar-refractivity contribution in [3.05, 3.63) is 65.2 Å². The number of para-hydroxylation sites is 1. The summed E-state index contributed by atoms with van der Waals surface area (Å²) in [4.78, 5) is 24.7. The number of hydrogen-bond acceptors (Lipinski definition) is 5. The fourth-order valence-corrected chi connectivity index (χ4v) is 3.65. The van der Waals surface area contributed by atoms with E-state index in [2.05, 4.69) is 13.8 Å². The number of carbonyl (C=O) groups excluding carboxylic acids is 2. The minimum Gasteiger partial charge on any atom is -0.508 e. The molecular weight excluding hydrogens is 452 g/mol. The Hall–Kier alpha value is -2.82. The lowest BCUT2D eigenvalue weighted by atomic mass is 10.1. The molecule has 0 radical (unpaired) electrons. The third-order valence-electron chi connectivity index (χ3n) is 5.94. The molecule has 1 N–H and O–H groups in total. The van der Waals surface area contributed by atoms with Gasteiger partial charge in [-0.1, -0.05) is 108 Å². The molecule has 5 nitrogen and oxygen atoms in total. The minimum atomic E-state index is -0.444. The molecule has 200 valence electrons. The van der Waals surface area contributed by atoms with Crippen LogP contribution in [0.4, 0.5) is 0 Å². The second kappa shape index (κ2) is 20.4. The SMILES string of the molecule is CCCCCCCCOC(=O)c1ccccc1C(=O)OCCCCCCCC.Cc1ccccc1O. The van der Waals surface area contributed by atoms with Crippen molar-refractivity contribution >= 4 is 11.9 Å². The predicted octanol–water partition coefficient (Wildman–Crippen LogP) is 8.42. The van der Waals surface area contributed by atoms with Crippen LogP contribution in [0, 0.1) is 6.92 Å². The van der Waals surface area contributed by atoms with Crippen LogP contribution >= 0.6 is 0 Å². The highest BCUT2D eigenvalue weighted by molar-refractivity contribution is 6.03. The quantitative estimate of drug-likeness (QED) is 0.186. The molecule has 5 heteroatoms. The van der Waals surface area contributed by atoms with Crippen LogP contribution < -0.4 is 0 Å². The summed E-state index contributed by atoms with van der Waals surface area (Å²) in [5, 5.41) is 8.92. The number of phenols is 1. The fraction of sp³-hybridized carbons (Fsp3) is 0.548. The summed E-state index contributed by atoms with van der Waals surface area (Å²) in [6.45, 7) is 7.04. The van der Waals surface area contributed by atoms with E-state index in [4.69, 9.17) is 14.6 Å². The first kappa shape index (κ1) is 31.2. The van der Waals surface area contributed by atoms with Crippen LogP contribution in [0.25, 0.3) is 0 Å². The molecule has 0 bridgehead atoms. The molecule has 0 aromatic heterocycles. The zero-order valence-electron chi connectivity index (χ0n) is 22.6. The van der Waals surface area contributed by atoms with Gasteiger partial charge in [-0.3, -0.25) is 0 Å². The first-order valence-corrected chi connectivity index (χ1v) is 13.7. The summed E-state index contributed by atoms with van der Waals surface area (Å²) in [5.74, 6) is -0.520. The van der Waals surface area contributed by atoms with Crippen LogP contribution in [0.3, 0.4) is 0 Å². The topological polar surface area (TPSA) is 72.8 Å². The molecule has 36 heavy (non-hydrogen) atoms. The standard InChI is InChI=1S/C24H38O4.C7H8O/c1-3-5-7-9-11-15-19-27-23(25)21-17-13-14-18-22(21)24(26)28-20-16-12-10-8-6-4-2;1-6-4-2-3-5-7(6)8/h13-14,17-18H,3-12,15-16,19-20H2,1-2H3;2-5,8H,1H3. The maximum atomic E-state index is 12.4. The number of carbonyl (C=O) groups is 2. The molecule has 0 saturated carbocycles. The van der Waals surface area contributed by atoms with Crippen LogP contribution in [0.5, 0.6) is 5.75 Å². The highest BCUT2D eigenvalue weighted by Gasteiger charge is 2.18. The van der Waals surface area contributed by atoms with Crippen molar-refractivity contribution in [2.45, 2.75) is 97.8 Å². The summed E-state index contributed by atoms with van der Waals surface area (Å²) < 4.78 is 10.7. The number of aromatic hydroxyl groups is 1. The van der Waals surface area contributed by atoms with E-state index in [1.54, 1.807) is 30.3 Å². The second-order valence-corrected chi connectivity index (χ2v) is 9.14. The summed E-state index contributed by atoms with van der Waals surface area (Å²) >= 11 is 0. The van der Waals surface area contributed by atoms with E-state index < -0.39 is 11.9 Å². The van der Waals surface area contributed by atoms with Gasteiger partial charge in [-0.2, -0.15) is 0 Å². The monoisotopic (exact) mass is 498 g/mol. The highest BCUT2D eigenvalue weighted by Crippen LogP contribution is 2.14. The second-order valence-electron chi connectivity index (χ2n) is 9.14. The molecule has 0 unspecified atom stereocenters. The molecule has 0 amide bonds. The van der Waals surface area contributed by atoms with Crippen molar-refractivity contribution in [1.82, 2.24) is 0 Å². The van der Waals surface area contributed by atoms with Gasteiger partial charge in [0.2, 0.25) is 0 Å². The van der Waals surface area contributed by atoms with Gasteiger partial charge in [0.15, 0.2) is 0 Å². The Labute approximate surface area is 218 Å². The normalized spacial score (nSPS) is 10.3. The van der Waals surface area contributed by atoms with Crippen molar-refractivity contribution in [3.63, 3.8) is 0 Å². The van der Waals surface area contributed by atoms with Crippen molar-refractivity contribution in [1.29, 1.82) is 0 Å². The highest BCUT2D eigenvalue weighted by atomic mass is 16.5. The summed E-state index contributed by atoms with van der Waals surface area (Å²) in [6, 6.07) is 14.0. The molecule has 0 fully saturated rings. The van der Waals surface area contributed by atoms with Crippen LogP contribution in [-0.4, -0.2) is 30.3 Å². The third kappa shape index (κ3) is 13.9. The molecule has 0 aliphatic rings. The van der Waals surface area contributed by atoms with E-state index in [0.29, 0.717) is 30.1 Å². The first-order chi connectivity index (χ1) is 17.5. The Bertz CT molecular complexity index is 792. The Morgan fingerprint density at radius 1 is 0.611 bits per heavy atom. The number of esters is 2. The Morgan fingerprint density at radius 3 is 1.39 bits per heavy atom. The molecule has 2 aromatic carbocycles. The van der Waals surface area contributed by atoms with Crippen molar-refractivity contribution in [3.8, 4) is 5.75 Å². The number of aryl methyl sites for hydroxylation is 1. The number of unbranched alkanes of at least 4 members (excludes halogenated alkanes) is 10. The molecule has 2 aromatic rings. The van der Waals surface area contributed by atoms with E-state index in [0.717, 1.165) is 31.2 Å². The molecule has 0 aliphatic carbocycles. The van der Waals surface area contributed by atoms with Crippen LogP contribution in [0.1, 0.15) is 117 Å². The number of rotatable bonds is 16. The fourth-order valence-electron chi connectivity index (χ4n) is 3.65. The average molecular weight is 499 g/mol. The summed E-state index contributed by atoms with van der Waals surface area (Å²) in [5.41, 5.74) is 1.51. The van der Waals surface area contributed by atoms with Gasteiger partial charge < -0.3 is 14.6 Å². The van der Waals surface area contributed by atoms with E-state index in [-0.39, 0.29) is 0 Å². The molecule has 0 heterocycles. The molecular formula is C31H46O5. The molecule has 2 rings (SSSR count). The zero-order chi connectivity index (χ0) is 26.4. The molecule has 0 aliphatic heterocycles. The van der Waals surface area contributed by atoms with Crippen molar-refractivity contribution < 1.29 is 24.2 Å².